The SMILES string of the molecule is O=C(NCCn1c2c(c(=O)n1Cc1ccc(Cl)cc1)CN(Cc1cc(F)cc(F)c1)CC2)[C@@H](O)C1CC1. The van der Waals surface area contributed by atoms with Gasteiger partial charge < -0.3 is 10.4 Å². The molecule has 1 aliphatic carbocycles. The van der Waals surface area contributed by atoms with Gasteiger partial charge in [-0.15, -0.1) is 0 Å². The molecule has 1 fully saturated rings. The lowest BCUT2D eigenvalue weighted by atomic mass is 10.1. The van der Waals surface area contributed by atoms with Crippen LogP contribution in [-0.4, -0.2) is 44.5 Å². The highest BCUT2D eigenvalue weighted by atomic mass is 35.5. The summed E-state index contributed by atoms with van der Waals surface area (Å²) in [5.41, 5.74) is 2.81. The second-order valence-electron chi connectivity index (χ2n) is 9.85. The van der Waals surface area contributed by atoms with E-state index in [1.807, 2.05) is 21.7 Å². The fraction of sp³-hybridized carbons (Fsp3) is 0.407. The number of amides is 1. The molecule has 0 spiro atoms. The molecule has 7 nitrogen and oxygen atoms in total. The van der Waals surface area contributed by atoms with E-state index in [-0.39, 0.29) is 23.9 Å². The van der Waals surface area contributed by atoms with E-state index >= 15 is 0 Å². The van der Waals surface area contributed by atoms with Crippen LogP contribution in [0.3, 0.4) is 0 Å². The van der Waals surface area contributed by atoms with Crippen LogP contribution in [0, 0.1) is 17.6 Å². The smallest absolute Gasteiger partial charge is 0.271 e. The second kappa shape index (κ2) is 10.8. The summed E-state index contributed by atoms with van der Waals surface area (Å²) in [5, 5.41) is 13.5. The van der Waals surface area contributed by atoms with Gasteiger partial charge in [0.25, 0.3) is 5.56 Å². The third kappa shape index (κ3) is 5.95. The molecule has 2 aromatic carbocycles. The van der Waals surface area contributed by atoms with Crippen LogP contribution in [-0.2, 0) is 37.4 Å². The fourth-order valence-corrected chi connectivity index (χ4v) is 5.11. The second-order valence-corrected chi connectivity index (χ2v) is 10.3. The maximum atomic E-state index is 13.7. The minimum Gasteiger partial charge on any atom is -0.383 e. The van der Waals surface area contributed by atoms with Crippen molar-refractivity contribution in [2.75, 3.05) is 13.1 Å². The molecule has 1 amide bonds. The Balaban J connectivity index is 1.37. The van der Waals surface area contributed by atoms with Crippen LogP contribution < -0.4 is 10.9 Å². The van der Waals surface area contributed by atoms with E-state index in [0.29, 0.717) is 55.3 Å². The molecule has 1 aliphatic heterocycles. The lowest BCUT2D eigenvalue weighted by molar-refractivity contribution is -0.130. The molecule has 2 heterocycles. The molecule has 0 unspecified atom stereocenters. The number of benzene rings is 2. The van der Waals surface area contributed by atoms with Crippen LogP contribution in [0.4, 0.5) is 8.78 Å². The Morgan fingerprint density at radius 1 is 1.05 bits per heavy atom. The highest BCUT2D eigenvalue weighted by molar-refractivity contribution is 6.30. The summed E-state index contributed by atoms with van der Waals surface area (Å²) in [7, 11) is 0. The van der Waals surface area contributed by atoms with Crippen molar-refractivity contribution in [3.05, 3.63) is 91.9 Å². The largest absolute Gasteiger partial charge is 0.383 e. The number of nitrogens with one attached hydrogen (secondary N) is 1. The first-order valence-electron chi connectivity index (χ1n) is 12.5. The van der Waals surface area contributed by atoms with Crippen molar-refractivity contribution in [2.45, 2.75) is 51.5 Å². The zero-order chi connectivity index (χ0) is 26.1. The quantitative estimate of drug-likeness (QED) is 0.446. The summed E-state index contributed by atoms with van der Waals surface area (Å²) in [6.07, 6.45) is 1.31. The minimum atomic E-state index is -0.990. The summed E-state index contributed by atoms with van der Waals surface area (Å²) >= 11 is 6.03. The standard InChI is InChI=1S/C27H29ClF2N4O3/c28-20-5-1-17(2-6-20)15-34-27(37)23-16-32(14-18-11-21(29)13-22(30)12-18)9-7-24(23)33(34)10-8-31-26(36)25(35)19-3-4-19/h1-2,5-6,11-13,19,25,35H,3-4,7-10,14-16H2,(H,31,36)/t25-/m0/s1. The van der Waals surface area contributed by atoms with Gasteiger partial charge in [-0.3, -0.25) is 19.2 Å². The van der Waals surface area contributed by atoms with Crippen molar-refractivity contribution in [2.24, 2.45) is 5.92 Å². The fourth-order valence-electron chi connectivity index (χ4n) is 4.98. The third-order valence-corrected chi connectivity index (χ3v) is 7.28. The van der Waals surface area contributed by atoms with Crippen molar-refractivity contribution in [1.29, 1.82) is 0 Å². The number of hydrogen-bond acceptors (Lipinski definition) is 4. The van der Waals surface area contributed by atoms with Crippen molar-refractivity contribution < 1.29 is 18.7 Å². The Labute approximate surface area is 218 Å². The van der Waals surface area contributed by atoms with Crippen LogP contribution in [0.5, 0.6) is 0 Å². The molecule has 2 N–H and O–H groups in total. The highest BCUT2D eigenvalue weighted by Gasteiger charge is 2.34. The maximum absolute atomic E-state index is 13.7. The summed E-state index contributed by atoms with van der Waals surface area (Å²) < 4.78 is 30.9. The molecule has 1 saturated carbocycles. The van der Waals surface area contributed by atoms with Gasteiger partial charge in [0, 0.05) is 49.4 Å². The van der Waals surface area contributed by atoms with Gasteiger partial charge >= 0.3 is 0 Å². The van der Waals surface area contributed by atoms with Gasteiger partial charge in [-0.2, -0.15) is 0 Å². The number of aliphatic hydroxyl groups excluding tert-OH is 1. The number of carbonyl (C=O) groups is 1. The van der Waals surface area contributed by atoms with Crippen LogP contribution in [0.25, 0.3) is 0 Å². The summed E-state index contributed by atoms with van der Waals surface area (Å²) in [5.74, 6) is -1.60. The molecule has 0 bridgehead atoms. The number of hydrogen-bond donors (Lipinski definition) is 2. The predicted molar refractivity (Wildman–Crippen MR) is 135 cm³/mol. The van der Waals surface area contributed by atoms with Crippen LogP contribution in [0.2, 0.25) is 5.02 Å². The van der Waals surface area contributed by atoms with Gasteiger partial charge in [-0.1, -0.05) is 23.7 Å². The van der Waals surface area contributed by atoms with E-state index in [1.165, 1.54) is 12.1 Å². The third-order valence-electron chi connectivity index (χ3n) is 7.02. The molecule has 0 radical (unpaired) electrons. The first kappa shape index (κ1) is 25.6. The van der Waals surface area contributed by atoms with Gasteiger partial charge in [-0.05, 0) is 54.2 Å². The highest BCUT2D eigenvalue weighted by Crippen LogP contribution is 2.32. The van der Waals surface area contributed by atoms with Gasteiger partial charge in [0.05, 0.1) is 18.7 Å². The Hall–Kier alpha value is -3.01. The van der Waals surface area contributed by atoms with Crippen LogP contribution in [0.1, 0.15) is 35.2 Å². The number of aliphatic hydroxyl groups is 1. The maximum Gasteiger partial charge on any atom is 0.271 e. The van der Waals surface area contributed by atoms with E-state index in [0.717, 1.165) is 30.2 Å². The van der Waals surface area contributed by atoms with E-state index in [1.54, 1.807) is 16.8 Å². The lowest BCUT2D eigenvalue weighted by Crippen LogP contribution is -2.38. The van der Waals surface area contributed by atoms with E-state index in [9.17, 15) is 23.5 Å². The van der Waals surface area contributed by atoms with Gasteiger partial charge in [-0.25, -0.2) is 13.5 Å². The topological polar surface area (TPSA) is 79.5 Å². The van der Waals surface area contributed by atoms with E-state index in [2.05, 4.69) is 5.32 Å². The predicted octanol–water partition coefficient (Wildman–Crippen LogP) is 3.08. The molecule has 10 heteroatoms. The molecular formula is C27H29ClF2N4O3. The minimum absolute atomic E-state index is 0.0416. The summed E-state index contributed by atoms with van der Waals surface area (Å²) in [6, 6.07) is 10.7. The number of halogens is 3. The van der Waals surface area contributed by atoms with E-state index in [4.69, 9.17) is 11.6 Å². The van der Waals surface area contributed by atoms with E-state index < -0.39 is 17.7 Å². The van der Waals surface area contributed by atoms with Crippen molar-refractivity contribution >= 4 is 17.5 Å². The number of aromatic nitrogens is 2. The Kier molecular flexibility index (Phi) is 7.46. The molecule has 196 valence electrons. The molecule has 2 aliphatic rings. The summed E-state index contributed by atoms with van der Waals surface area (Å²) in [4.78, 5) is 27.8. The van der Waals surface area contributed by atoms with Gasteiger partial charge in [0.1, 0.15) is 17.7 Å². The lowest BCUT2D eigenvalue weighted by Gasteiger charge is -2.27. The molecule has 3 aromatic rings. The van der Waals surface area contributed by atoms with Crippen molar-refractivity contribution in [1.82, 2.24) is 19.6 Å². The Morgan fingerprint density at radius 3 is 2.43 bits per heavy atom. The zero-order valence-corrected chi connectivity index (χ0v) is 21.1. The van der Waals surface area contributed by atoms with Gasteiger partial charge in [0.15, 0.2) is 0 Å². The van der Waals surface area contributed by atoms with Crippen LogP contribution in [0.15, 0.2) is 47.3 Å². The molecule has 1 aromatic heterocycles. The number of rotatable bonds is 9. The zero-order valence-electron chi connectivity index (χ0n) is 20.3. The average Bonchev–Trinajstić information content (AvgIpc) is 3.67. The summed E-state index contributed by atoms with van der Waals surface area (Å²) in [6.45, 7) is 2.27. The Morgan fingerprint density at radius 2 is 1.76 bits per heavy atom. The molecule has 37 heavy (non-hydrogen) atoms. The van der Waals surface area contributed by atoms with Crippen LogP contribution >= 0.6 is 11.6 Å². The monoisotopic (exact) mass is 530 g/mol. The average molecular weight is 531 g/mol. The molecular weight excluding hydrogens is 502 g/mol. The normalized spacial score (nSPS) is 16.4. The first-order valence-corrected chi connectivity index (χ1v) is 12.8. The first-order chi connectivity index (χ1) is 17.8. The van der Waals surface area contributed by atoms with Crippen molar-refractivity contribution in [3.63, 3.8) is 0 Å². The number of fused-ring (bicyclic) bond motifs is 1. The molecule has 0 saturated heterocycles. The molecule has 1 atom stereocenters. The van der Waals surface area contributed by atoms with Crippen molar-refractivity contribution in [3.8, 4) is 0 Å². The number of nitrogens with zero attached hydrogens (tertiary/aromatic N) is 3. The molecule has 5 rings (SSSR count). The number of carbonyl (C=O) groups excluding carboxylic acids is 1. The van der Waals surface area contributed by atoms with Gasteiger partial charge in [0.2, 0.25) is 5.91 Å². The Bertz CT molecular complexity index is 1330.